The van der Waals surface area contributed by atoms with Gasteiger partial charge in [0, 0.05) is 37.9 Å². The molecule has 0 saturated carbocycles. The number of alkyl halides is 3. The Hall–Kier alpha value is -2.00. The molecule has 6 nitrogen and oxygen atoms in total. The monoisotopic (exact) mass is 446 g/mol. The summed E-state index contributed by atoms with van der Waals surface area (Å²) in [5.74, 6) is -0.527. The van der Waals surface area contributed by atoms with Crippen LogP contribution in [-0.4, -0.2) is 67.4 Å². The number of hydrogen-bond acceptors (Lipinski definition) is 4. The molecule has 2 heterocycles. The number of carbonyl (C=O) groups excluding carboxylic acids is 2. The molecule has 2 saturated heterocycles. The van der Waals surface area contributed by atoms with Crippen LogP contribution in [0.25, 0.3) is 0 Å². The van der Waals surface area contributed by atoms with E-state index in [0.29, 0.717) is 38.9 Å². The van der Waals surface area contributed by atoms with Crippen molar-refractivity contribution in [2.24, 2.45) is 5.92 Å². The highest BCUT2D eigenvalue weighted by Crippen LogP contribution is 2.34. The van der Waals surface area contributed by atoms with Crippen molar-refractivity contribution in [3.8, 4) is 0 Å². The molecule has 0 radical (unpaired) electrons. The first-order chi connectivity index (χ1) is 14.1. The van der Waals surface area contributed by atoms with Gasteiger partial charge in [-0.2, -0.15) is 13.2 Å². The molecule has 2 amide bonds. The van der Waals surface area contributed by atoms with Crippen LogP contribution in [0.4, 0.5) is 18.9 Å². The van der Waals surface area contributed by atoms with Gasteiger partial charge in [-0.15, -0.1) is 0 Å². The minimum Gasteiger partial charge on any atom is -0.374 e. The number of nitrogens with zero attached hydrogens (tertiary/aromatic N) is 2. The summed E-state index contributed by atoms with van der Waals surface area (Å²) in [5.41, 5.74) is -0.719. The topological polar surface area (TPSA) is 64.7 Å². The standard InChI is InChI=1S/C20H26ClF3N4O2/c1-27(2)18(29)15-5-6-25-11-17(15)28-7-3-4-16(19(28)30)26-14-9-12(20(22,23)24)8-13(21)10-14/h8-10,15-17,25-26H,3-7,11H2,1-2H3. The van der Waals surface area contributed by atoms with Gasteiger partial charge in [-0.05, 0) is 44.0 Å². The molecule has 2 aliphatic rings. The van der Waals surface area contributed by atoms with Gasteiger partial charge in [-0.25, -0.2) is 0 Å². The van der Waals surface area contributed by atoms with Crippen LogP contribution in [0.5, 0.6) is 0 Å². The van der Waals surface area contributed by atoms with Crippen LogP contribution < -0.4 is 10.6 Å². The fourth-order valence-corrected chi connectivity index (χ4v) is 4.42. The molecule has 3 unspecified atom stereocenters. The van der Waals surface area contributed by atoms with Gasteiger partial charge in [0.15, 0.2) is 0 Å². The van der Waals surface area contributed by atoms with Crippen LogP contribution in [0.1, 0.15) is 24.8 Å². The second-order valence-electron chi connectivity index (χ2n) is 8.00. The Bertz CT molecular complexity index is 803. The SMILES string of the molecule is CN(C)C(=O)C1CCNCC1N1CCCC(Nc2cc(Cl)cc(C(F)(F)F)c2)C1=O. The fourth-order valence-electron chi connectivity index (χ4n) is 4.19. The second kappa shape index (κ2) is 9.01. The smallest absolute Gasteiger partial charge is 0.374 e. The van der Waals surface area contributed by atoms with Gasteiger partial charge >= 0.3 is 6.18 Å². The van der Waals surface area contributed by atoms with Gasteiger partial charge in [0.1, 0.15) is 6.04 Å². The predicted molar refractivity (Wildman–Crippen MR) is 108 cm³/mol. The molecular formula is C20H26ClF3N4O2. The third kappa shape index (κ3) is 5.00. The highest BCUT2D eigenvalue weighted by molar-refractivity contribution is 6.31. The largest absolute Gasteiger partial charge is 0.416 e. The third-order valence-electron chi connectivity index (χ3n) is 5.65. The van der Waals surface area contributed by atoms with E-state index in [9.17, 15) is 22.8 Å². The van der Waals surface area contributed by atoms with E-state index in [1.807, 2.05) is 0 Å². The number of halogens is 4. The fraction of sp³-hybridized carbons (Fsp3) is 0.600. The molecular weight excluding hydrogens is 421 g/mol. The summed E-state index contributed by atoms with van der Waals surface area (Å²) >= 11 is 5.86. The van der Waals surface area contributed by atoms with Crippen molar-refractivity contribution < 1.29 is 22.8 Å². The van der Waals surface area contributed by atoms with Crippen molar-refractivity contribution in [1.29, 1.82) is 0 Å². The number of rotatable bonds is 4. The molecule has 3 atom stereocenters. The molecule has 0 spiro atoms. The molecule has 2 aliphatic heterocycles. The van der Waals surface area contributed by atoms with Crippen molar-refractivity contribution >= 4 is 29.1 Å². The van der Waals surface area contributed by atoms with Gasteiger partial charge < -0.3 is 20.4 Å². The summed E-state index contributed by atoms with van der Waals surface area (Å²) in [6, 6.07) is 2.24. The molecule has 166 valence electrons. The van der Waals surface area contributed by atoms with Crippen molar-refractivity contribution in [2.75, 3.05) is 39.0 Å². The minimum atomic E-state index is -4.53. The zero-order valence-corrected chi connectivity index (χ0v) is 17.7. The third-order valence-corrected chi connectivity index (χ3v) is 5.87. The van der Waals surface area contributed by atoms with E-state index in [4.69, 9.17) is 11.6 Å². The molecule has 2 fully saturated rings. The maximum Gasteiger partial charge on any atom is 0.416 e. The van der Waals surface area contributed by atoms with E-state index in [1.54, 1.807) is 19.0 Å². The van der Waals surface area contributed by atoms with Gasteiger partial charge in [0.2, 0.25) is 11.8 Å². The maximum absolute atomic E-state index is 13.2. The quantitative estimate of drug-likeness (QED) is 0.746. The Morgan fingerprint density at radius 1 is 1.27 bits per heavy atom. The van der Waals surface area contributed by atoms with E-state index >= 15 is 0 Å². The van der Waals surface area contributed by atoms with E-state index in [1.165, 1.54) is 11.0 Å². The lowest BCUT2D eigenvalue weighted by molar-refractivity contribution is -0.144. The zero-order valence-electron chi connectivity index (χ0n) is 16.9. The molecule has 3 rings (SSSR count). The average Bonchev–Trinajstić information content (AvgIpc) is 2.68. The van der Waals surface area contributed by atoms with Crippen LogP contribution in [0.15, 0.2) is 18.2 Å². The number of anilines is 1. The number of carbonyl (C=O) groups is 2. The van der Waals surface area contributed by atoms with Crippen LogP contribution >= 0.6 is 11.6 Å². The van der Waals surface area contributed by atoms with Crippen LogP contribution in [0.3, 0.4) is 0 Å². The molecule has 2 N–H and O–H groups in total. The summed E-state index contributed by atoms with van der Waals surface area (Å²) in [4.78, 5) is 29.1. The Balaban J connectivity index is 1.78. The van der Waals surface area contributed by atoms with Crippen molar-refractivity contribution in [2.45, 2.75) is 37.5 Å². The highest BCUT2D eigenvalue weighted by Gasteiger charge is 2.41. The van der Waals surface area contributed by atoms with Crippen molar-refractivity contribution in [3.05, 3.63) is 28.8 Å². The molecule has 0 aliphatic carbocycles. The number of benzene rings is 1. The summed E-state index contributed by atoms with van der Waals surface area (Å²) < 4.78 is 39.3. The summed E-state index contributed by atoms with van der Waals surface area (Å²) in [5, 5.41) is 6.12. The lowest BCUT2D eigenvalue weighted by Gasteiger charge is -2.44. The lowest BCUT2D eigenvalue weighted by Crippen LogP contribution is -2.61. The summed E-state index contributed by atoms with van der Waals surface area (Å²) in [6.07, 6.45) is -2.71. The first-order valence-electron chi connectivity index (χ1n) is 9.94. The molecule has 1 aromatic carbocycles. The number of likely N-dealkylation sites (tertiary alicyclic amines) is 1. The van der Waals surface area contributed by atoms with Crippen molar-refractivity contribution in [3.63, 3.8) is 0 Å². The molecule has 1 aromatic rings. The molecule has 10 heteroatoms. The Labute approximate surface area is 178 Å². The van der Waals surface area contributed by atoms with Gasteiger partial charge in [-0.1, -0.05) is 11.6 Å². The summed E-state index contributed by atoms with van der Waals surface area (Å²) in [7, 11) is 3.39. The van der Waals surface area contributed by atoms with Gasteiger partial charge in [0.05, 0.1) is 17.5 Å². The maximum atomic E-state index is 13.2. The first-order valence-corrected chi connectivity index (χ1v) is 10.3. The summed E-state index contributed by atoms with van der Waals surface area (Å²) in [6.45, 7) is 1.73. The molecule has 0 aromatic heterocycles. The highest BCUT2D eigenvalue weighted by atomic mass is 35.5. The van der Waals surface area contributed by atoms with Crippen LogP contribution in [0.2, 0.25) is 5.02 Å². The van der Waals surface area contributed by atoms with Gasteiger partial charge in [-0.3, -0.25) is 9.59 Å². The van der Waals surface area contributed by atoms with E-state index in [-0.39, 0.29) is 34.5 Å². The van der Waals surface area contributed by atoms with Crippen LogP contribution in [0, 0.1) is 5.92 Å². The van der Waals surface area contributed by atoms with Crippen LogP contribution in [-0.2, 0) is 15.8 Å². The minimum absolute atomic E-state index is 0.0194. The van der Waals surface area contributed by atoms with Gasteiger partial charge in [0.25, 0.3) is 0 Å². The molecule has 30 heavy (non-hydrogen) atoms. The average molecular weight is 447 g/mol. The predicted octanol–water partition coefficient (Wildman–Crippen LogP) is 2.83. The van der Waals surface area contributed by atoms with Crippen molar-refractivity contribution in [1.82, 2.24) is 15.1 Å². The van der Waals surface area contributed by atoms with E-state index in [2.05, 4.69) is 10.6 Å². The first kappa shape index (κ1) is 22.7. The number of piperidine rings is 2. The Morgan fingerprint density at radius 3 is 2.67 bits per heavy atom. The Morgan fingerprint density at radius 2 is 2.00 bits per heavy atom. The molecule has 0 bridgehead atoms. The Kier molecular flexibility index (Phi) is 6.81. The number of nitrogens with one attached hydrogen (secondary N) is 2. The van der Waals surface area contributed by atoms with E-state index in [0.717, 1.165) is 12.1 Å². The lowest BCUT2D eigenvalue weighted by atomic mass is 9.88. The second-order valence-corrected chi connectivity index (χ2v) is 8.43. The number of amides is 2. The normalized spacial score (nSPS) is 25.2. The van der Waals surface area contributed by atoms with E-state index < -0.39 is 17.8 Å². The zero-order chi connectivity index (χ0) is 22.1. The number of hydrogen-bond donors (Lipinski definition) is 2.